The Morgan fingerprint density at radius 1 is 0.804 bits per heavy atom. The average molecular weight is 703 g/mol. The molecule has 51 heavy (non-hydrogen) atoms. The normalized spacial score (nSPS) is 31.9. The predicted molar refractivity (Wildman–Crippen MR) is 221 cm³/mol. The van der Waals surface area contributed by atoms with Crippen LogP contribution >= 0.6 is 0 Å². The topological polar surface area (TPSA) is 26.3 Å². The number of rotatable bonds is 22. The van der Waals surface area contributed by atoms with E-state index in [1.807, 2.05) is 0 Å². The predicted octanol–water partition coefficient (Wildman–Crippen LogP) is 14.9. The van der Waals surface area contributed by atoms with E-state index in [4.69, 9.17) is 4.74 Å². The van der Waals surface area contributed by atoms with E-state index in [0.29, 0.717) is 29.1 Å². The van der Waals surface area contributed by atoms with Gasteiger partial charge in [-0.25, -0.2) is 0 Å². The third-order valence-corrected chi connectivity index (χ3v) is 14.9. The first kappa shape index (κ1) is 42.2. The van der Waals surface area contributed by atoms with Gasteiger partial charge in [0.1, 0.15) is 6.10 Å². The molecule has 0 spiro atoms. The third kappa shape index (κ3) is 11.7. The number of hydrogen-bond donors (Lipinski definition) is 0. The van der Waals surface area contributed by atoms with Crippen molar-refractivity contribution in [3.8, 4) is 0 Å². The minimum atomic E-state index is 0.0488. The molecule has 4 aliphatic rings. The van der Waals surface area contributed by atoms with Gasteiger partial charge in [0.2, 0.25) is 0 Å². The Hall–Kier alpha value is -1.57. The van der Waals surface area contributed by atoms with E-state index in [-0.39, 0.29) is 12.1 Å². The maximum Gasteiger partial charge on any atom is 0.306 e. The summed E-state index contributed by atoms with van der Waals surface area (Å²) in [7, 11) is 0. The molecule has 4 aliphatic carbocycles. The summed E-state index contributed by atoms with van der Waals surface area (Å²) < 4.78 is 6.14. The Labute approximate surface area is 317 Å². The number of fused-ring (bicyclic) bond motifs is 5. The van der Waals surface area contributed by atoms with Crippen molar-refractivity contribution in [3.05, 3.63) is 48.1 Å². The zero-order valence-corrected chi connectivity index (χ0v) is 34.7. The van der Waals surface area contributed by atoms with Gasteiger partial charge in [-0.1, -0.05) is 142 Å². The van der Waals surface area contributed by atoms with Crippen molar-refractivity contribution >= 4 is 5.97 Å². The molecule has 4 rings (SSSR count). The first-order chi connectivity index (χ1) is 24.6. The summed E-state index contributed by atoms with van der Waals surface area (Å²) in [6.45, 7) is 17.2. The monoisotopic (exact) mass is 703 g/mol. The summed E-state index contributed by atoms with van der Waals surface area (Å²) in [5, 5.41) is 0. The second-order valence-corrected chi connectivity index (χ2v) is 18.6. The van der Waals surface area contributed by atoms with Gasteiger partial charge >= 0.3 is 5.97 Å². The minimum Gasteiger partial charge on any atom is -0.462 e. The molecular formula is C49H82O2. The number of ether oxygens (including phenoxy) is 1. The van der Waals surface area contributed by atoms with Gasteiger partial charge in [-0.2, -0.15) is 0 Å². The van der Waals surface area contributed by atoms with Crippen molar-refractivity contribution < 1.29 is 9.53 Å². The zero-order chi connectivity index (χ0) is 36.7. The first-order valence-electron chi connectivity index (χ1n) is 22.5. The van der Waals surface area contributed by atoms with Gasteiger partial charge in [0.25, 0.3) is 0 Å². The largest absolute Gasteiger partial charge is 0.462 e. The average Bonchev–Trinajstić information content (AvgIpc) is 3.47. The highest BCUT2D eigenvalue weighted by Gasteiger charge is 2.59. The summed E-state index contributed by atoms with van der Waals surface area (Å²) in [6.07, 6.45) is 45.4. The molecule has 0 bridgehead atoms. The van der Waals surface area contributed by atoms with Gasteiger partial charge in [0.15, 0.2) is 0 Å². The number of allylic oxidation sites excluding steroid dienone is 7. The summed E-state index contributed by atoms with van der Waals surface area (Å²) in [5.41, 5.74) is 2.43. The Bertz CT molecular complexity index is 1140. The van der Waals surface area contributed by atoms with Crippen LogP contribution in [0.2, 0.25) is 0 Å². The van der Waals surface area contributed by atoms with Crippen LogP contribution in [0.4, 0.5) is 0 Å². The van der Waals surface area contributed by atoms with Gasteiger partial charge in [0, 0.05) is 12.8 Å². The lowest BCUT2D eigenvalue weighted by atomic mass is 9.47. The maximum absolute atomic E-state index is 12.9. The van der Waals surface area contributed by atoms with Crippen LogP contribution in [0.5, 0.6) is 0 Å². The third-order valence-electron chi connectivity index (χ3n) is 14.9. The summed E-state index contributed by atoms with van der Waals surface area (Å²) >= 11 is 0. The molecule has 0 aromatic carbocycles. The molecule has 0 saturated heterocycles. The molecule has 9 atom stereocenters. The minimum absolute atomic E-state index is 0.0488. The standard InChI is InChI=1S/C49H82O2/c1-8-10-11-12-13-14-15-16-17-18-19-20-21-22-23-24-25-26-47(50)51-42-33-35-48(6)41(37-42)29-30-43-45-32-31-44(49(45,7)36-34-46(43)48)39(5)27-28-40(9-2)38(3)4/h13-14,16-17,27-29,38-40,42-46H,8-12,15,18-26,30-37H2,1-7H3/b14-13-,17-16-,28-27+/t39-,40-,42+,43+,44-,45+,46+,48+,49-/m1/s1. The van der Waals surface area contributed by atoms with E-state index in [0.717, 1.165) is 61.7 Å². The molecule has 0 aliphatic heterocycles. The van der Waals surface area contributed by atoms with Gasteiger partial charge < -0.3 is 4.74 Å². The van der Waals surface area contributed by atoms with Crippen LogP contribution in [0.15, 0.2) is 48.1 Å². The fourth-order valence-electron chi connectivity index (χ4n) is 11.6. The van der Waals surface area contributed by atoms with Crippen LogP contribution in [0.25, 0.3) is 0 Å². The van der Waals surface area contributed by atoms with Crippen molar-refractivity contribution in [3.63, 3.8) is 0 Å². The molecule has 0 radical (unpaired) electrons. The highest BCUT2D eigenvalue weighted by molar-refractivity contribution is 5.69. The van der Waals surface area contributed by atoms with Crippen molar-refractivity contribution in [1.82, 2.24) is 0 Å². The number of carbonyl (C=O) groups is 1. The lowest BCUT2D eigenvalue weighted by Crippen LogP contribution is -2.51. The highest BCUT2D eigenvalue weighted by atomic mass is 16.5. The molecule has 0 amide bonds. The van der Waals surface area contributed by atoms with Crippen LogP contribution < -0.4 is 0 Å². The second kappa shape index (κ2) is 21.4. The zero-order valence-electron chi connectivity index (χ0n) is 34.7. The molecule has 3 saturated carbocycles. The van der Waals surface area contributed by atoms with Crippen LogP contribution in [0.1, 0.15) is 196 Å². The van der Waals surface area contributed by atoms with E-state index in [1.165, 1.54) is 109 Å². The first-order valence-corrected chi connectivity index (χ1v) is 22.5. The number of unbranched alkanes of at least 4 members (excludes halogenated alkanes) is 10. The number of esters is 1. The fraction of sp³-hybridized carbons (Fsp3) is 0.816. The molecule has 0 N–H and O–H groups in total. The van der Waals surface area contributed by atoms with Crippen molar-refractivity contribution in [1.29, 1.82) is 0 Å². The lowest BCUT2D eigenvalue weighted by molar-refractivity contribution is -0.151. The molecule has 290 valence electrons. The maximum atomic E-state index is 12.9. The Kier molecular flexibility index (Phi) is 17.7. The van der Waals surface area contributed by atoms with Crippen LogP contribution in [-0.2, 0) is 9.53 Å². The van der Waals surface area contributed by atoms with E-state index in [2.05, 4.69) is 91.0 Å². The molecular weight excluding hydrogens is 621 g/mol. The van der Waals surface area contributed by atoms with Crippen molar-refractivity contribution in [2.24, 2.45) is 52.3 Å². The van der Waals surface area contributed by atoms with Crippen molar-refractivity contribution in [2.45, 2.75) is 202 Å². The fourth-order valence-corrected chi connectivity index (χ4v) is 11.6. The van der Waals surface area contributed by atoms with E-state index in [1.54, 1.807) is 5.57 Å². The summed E-state index contributed by atoms with van der Waals surface area (Å²) in [5.74, 6) is 5.52. The lowest BCUT2D eigenvalue weighted by Gasteiger charge is -2.58. The molecule has 0 unspecified atom stereocenters. The van der Waals surface area contributed by atoms with Gasteiger partial charge in [-0.3, -0.25) is 4.79 Å². The number of carbonyl (C=O) groups excluding carboxylic acids is 1. The SMILES string of the molecule is CCCCC/C=C\C/C=C\CCCCCCCCCC(=O)O[C@H]1CC[C@@]2(C)C(=CC[C@H]3[C@@H]4CC[C@H]([C@H](C)/C=C/[C@@H](CC)C(C)C)[C@@]4(C)CC[C@@H]32)C1. The molecule has 0 heterocycles. The van der Waals surface area contributed by atoms with Crippen LogP contribution in [-0.4, -0.2) is 12.1 Å². The Morgan fingerprint density at radius 2 is 1.49 bits per heavy atom. The van der Waals surface area contributed by atoms with Gasteiger partial charge in [0.05, 0.1) is 0 Å². The quantitative estimate of drug-likeness (QED) is 0.0638. The molecule has 0 aromatic heterocycles. The molecule has 2 heteroatoms. The Morgan fingerprint density at radius 3 is 2.18 bits per heavy atom. The van der Waals surface area contributed by atoms with Crippen LogP contribution in [0, 0.1) is 52.3 Å². The second-order valence-electron chi connectivity index (χ2n) is 18.6. The summed E-state index contributed by atoms with van der Waals surface area (Å²) in [4.78, 5) is 12.9. The van der Waals surface area contributed by atoms with E-state index >= 15 is 0 Å². The van der Waals surface area contributed by atoms with E-state index < -0.39 is 0 Å². The molecule has 2 nitrogen and oxygen atoms in total. The van der Waals surface area contributed by atoms with Gasteiger partial charge in [-0.05, 0) is 142 Å². The molecule has 0 aromatic rings. The highest BCUT2D eigenvalue weighted by Crippen LogP contribution is 2.67. The van der Waals surface area contributed by atoms with E-state index in [9.17, 15) is 4.79 Å². The van der Waals surface area contributed by atoms with Crippen LogP contribution in [0.3, 0.4) is 0 Å². The number of hydrogen-bond acceptors (Lipinski definition) is 2. The Balaban J connectivity index is 1.11. The smallest absolute Gasteiger partial charge is 0.306 e. The van der Waals surface area contributed by atoms with Gasteiger partial charge in [-0.15, -0.1) is 0 Å². The van der Waals surface area contributed by atoms with Crippen molar-refractivity contribution in [2.75, 3.05) is 0 Å². The summed E-state index contributed by atoms with van der Waals surface area (Å²) in [6, 6.07) is 0. The molecule has 3 fully saturated rings.